The molecule has 9 aliphatic rings. The summed E-state index contributed by atoms with van der Waals surface area (Å²) in [4.78, 5) is 58.5. The number of ether oxygens (including phenoxy) is 1. The van der Waals surface area contributed by atoms with Crippen molar-refractivity contribution in [3.63, 3.8) is 0 Å². The zero-order valence-corrected chi connectivity index (χ0v) is 45.7. The molecule has 2 unspecified atom stereocenters. The molecule has 0 aliphatic heterocycles. The van der Waals surface area contributed by atoms with Crippen molar-refractivity contribution in [1.82, 2.24) is 0 Å². The van der Waals surface area contributed by atoms with Crippen molar-refractivity contribution in [2.24, 2.45) is 107 Å². The van der Waals surface area contributed by atoms with Crippen LogP contribution in [0, 0.1) is 130 Å². The highest BCUT2D eigenvalue weighted by atomic mass is 16.6. The number of carbonyl (C=O) groups excluding carboxylic acids is 4. The molecule has 9 aliphatic carbocycles. The van der Waals surface area contributed by atoms with Gasteiger partial charge in [0.1, 0.15) is 12.1 Å². The van der Waals surface area contributed by atoms with E-state index in [0.717, 1.165) is 94.6 Å². The van der Waals surface area contributed by atoms with E-state index in [9.17, 15) is 20.1 Å². The molecule has 0 amide bonds. The Morgan fingerprint density at radius 1 is 0.600 bits per heavy atom. The average molecular weight is 953 g/mol. The summed E-state index contributed by atoms with van der Waals surface area (Å²) in [6.45, 7) is 38.6. The molecule has 0 aromatic carbocycles. The van der Waals surface area contributed by atoms with Crippen LogP contribution in [-0.4, -0.2) is 23.5 Å². The maximum Gasteiger partial charge on any atom is 0.320 e. The van der Waals surface area contributed by atoms with Crippen LogP contribution in [0.4, 0.5) is 0 Å². The molecule has 380 valence electrons. The Bertz CT molecular complexity index is 2480. The quantitative estimate of drug-likeness (QED) is 0.141. The highest BCUT2D eigenvalue weighted by Crippen LogP contribution is 2.78. The smallest absolute Gasteiger partial charge is 0.320 e. The Labute approximate surface area is 422 Å². The normalized spacial score (nSPS) is 48.6. The third kappa shape index (κ3) is 6.39. The maximum atomic E-state index is 15.6. The summed E-state index contributed by atoms with van der Waals surface area (Å²) in [5, 5.41) is 20.5. The largest absolute Gasteiger partial charge is 0.392 e. The van der Waals surface area contributed by atoms with Crippen molar-refractivity contribution in [3.8, 4) is 12.1 Å². The van der Waals surface area contributed by atoms with Gasteiger partial charge in [-0.1, -0.05) is 119 Å². The molecule has 0 N–H and O–H groups in total. The number of fused-ring (bicyclic) bond motifs is 9. The second-order valence-electron chi connectivity index (χ2n) is 28.6. The minimum atomic E-state index is -0.768. The number of ketones is 2. The summed E-state index contributed by atoms with van der Waals surface area (Å²) in [5.74, 6) is 0.787. The monoisotopic (exact) mass is 953 g/mol. The Hall–Kier alpha value is -3.58. The first-order valence-electron chi connectivity index (χ1n) is 27.9. The van der Waals surface area contributed by atoms with Crippen molar-refractivity contribution in [2.45, 2.75) is 199 Å². The first-order valence-corrected chi connectivity index (χ1v) is 27.9. The van der Waals surface area contributed by atoms with Crippen molar-refractivity contribution < 1.29 is 23.9 Å². The topological polar surface area (TPSA) is 125 Å². The number of rotatable bonds is 7. The Morgan fingerprint density at radius 2 is 1.11 bits per heavy atom. The molecule has 0 heterocycles. The molecule has 17 atom stereocenters. The summed E-state index contributed by atoms with van der Waals surface area (Å²) in [6, 6.07) is 4.63. The van der Waals surface area contributed by atoms with Gasteiger partial charge in [0.15, 0.2) is 11.6 Å². The zero-order valence-electron chi connectivity index (χ0n) is 45.7. The van der Waals surface area contributed by atoms with Crippen molar-refractivity contribution in [3.05, 3.63) is 47.6 Å². The minimum absolute atomic E-state index is 0.000310. The predicted octanol–water partition coefficient (Wildman–Crippen LogP) is 14.6. The first kappa shape index (κ1) is 51.3. The molecule has 9 rings (SSSR count). The SMILES string of the molecule is C=C(C)C1CC[C@]2(C(=O)OC(=O)[C@]34CC[C@@H](C(=C)C)[C@@H]3C[C@](C)([C@]3(C)CC[C@H]5C(C)(C)C(=O)C(C#N)=C[C@]5(C)[C@H]3CCC)CC4)CC[C@]3(C)C(CC[C@@H]4[C@@]5(C)C=C(C#N)C(=O)C(C)(C)[C@@H]5CC[C@]43C)[C@@H]12. The predicted molar refractivity (Wildman–Crippen MR) is 275 cm³/mol. The van der Waals surface area contributed by atoms with E-state index in [1.807, 2.05) is 0 Å². The van der Waals surface area contributed by atoms with E-state index >= 15 is 9.59 Å². The lowest BCUT2D eigenvalue weighted by Gasteiger charge is -2.71. The molecule has 0 radical (unpaired) electrons. The number of hydrogen-bond acceptors (Lipinski definition) is 7. The standard InChI is InChI=1S/C63H88N2O5/c1-16-17-47-57(11)32-39(35-64)50(66)54(6,7)45(57)22-24-60(47,14)56(10)28-30-62(26-20-41(37(2)3)44(62)34-56)52(68)70-53(69)63-27-21-42(38(4)5)49(63)43-18-19-48-58(12)33-40(36-65)51(67)55(8,9)46(58)23-25-61(48,15)59(43,13)29-31-63/h32-33,41-49H,2,4,16-31,34H2,1,3,5-15H3/t41-,42?,43?,44-,45-,46-,47+,48+,49+,56+,57-,58-,59+,60+,61+,62-,63-/m0/s1. The highest BCUT2D eigenvalue weighted by Gasteiger charge is 2.74. The molecular weight excluding hydrogens is 865 g/mol. The summed E-state index contributed by atoms with van der Waals surface area (Å²) in [7, 11) is 0. The van der Waals surface area contributed by atoms with Gasteiger partial charge in [-0.05, 0) is 202 Å². The number of nitriles is 2. The number of nitrogens with zero attached hydrogens (tertiary/aromatic N) is 2. The van der Waals surface area contributed by atoms with Crippen LogP contribution >= 0.6 is 0 Å². The lowest BCUT2D eigenvalue weighted by Crippen LogP contribution is -2.66. The van der Waals surface area contributed by atoms with Crippen LogP contribution in [0.2, 0.25) is 0 Å². The number of Topliss-reactive ketones (excluding diaryl/α,β-unsaturated/α-hetero) is 2. The molecular formula is C63H88N2O5. The van der Waals surface area contributed by atoms with E-state index in [1.165, 1.54) is 0 Å². The number of hydrogen-bond donors (Lipinski definition) is 0. The molecule has 0 saturated heterocycles. The number of allylic oxidation sites excluding steroid dienone is 6. The first-order chi connectivity index (χ1) is 32.5. The van der Waals surface area contributed by atoms with Gasteiger partial charge >= 0.3 is 11.9 Å². The molecule has 7 saturated carbocycles. The van der Waals surface area contributed by atoms with Gasteiger partial charge in [0.2, 0.25) is 0 Å². The number of carbonyl (C=O) groups is 4. The van der Waals surface area contributed by atoms with Crippen molar-refractivity contribution >= 4 is 23.5 Å². The fraction of sp³-hybridized carbons (Fsp3) is 0.778. The minimum Gasteiger partial charge on any atom is -0.392 e. The van der Waals surface area contributed by atoms with Gasteiger partial charge in [0.25, 0.3) is 0 Å². The molecule has 7 nitrogen and oxygen atoms in total. The van der Waals surface area contributed by atoms with Crippen LogP contribution in [0.3, 0.4) is 0 Å². The Morgan fingerprint density at radius 3 is 1.69 bits per heavy atom. The van der Waals surface area contributed by atoms with Crippen LogP contribution in [0.25, 0.3) is 0 Å². The molecule has 7 heteroatoms. The maximum absolute atomic E-state index is 15.6. The van der Waals surface area contributed by atoms with E-state index in [2.05, 4.69) is 127 Å². The fourth-order valence-corrected chi connectivity index (χ4v) is 21.6. The van der Waals surface area contributed by atoms with Gasteiger partial charge in [-0.15, -0.1) is 0 Å². The molecule has 0 aromatic rings. The van der Waals surface area contributed by atoms with E-state index in [0.29, 0.717) is 42.7 Å². The molecule has 70 heavy (non-hydrogen) atoms. The van der Waals surface area contributed by atoms with E-state index in [4.69, 9.17) is 4.74 Å². The fourth-order valence-electron chi connectivity index (χ4n) is 21.6. The van der Waals surface area contributed by atoms with Gasteiger partial charge in [0.05, 0.1) is 22.0 Å². The second-order valence-corrected chi connectivity index (χ2v) is 28.6. The summed E-state index contributed by atoms with van der Waals surface area (Å²) in [6.07, 6.45) is 19.1. The number of esters is 2. The zero-order chi connectivity index (χ0) is 51.4. The average Bonchev–Trinajstić information content (AvgIpc) is 3.89. The Balaban J connectivity index is 1.02. The summed E-state index contributed by atoms with van der Waals surface area (Å²) < 4.78 is 6.65. The van der Waals surface area contributed by atoms with Crippen LogP contribution in [0.5, 0.6) is 0 Å². The second kappa shape index (κ2) is 16.2. The third-order valence-electron chi connectivity index (χ3n) is 25.5. The van der Waals surface area contributed by atoms with Gasteiger partial charge in [-0.25, -0.2) is 0 Å². The lowest BCUT2D eigenvalue weighted by atomic mass is 9.32. The van der Waals surface area contributed by atoms with Gasteiger partial charge in [0, 0.05) is 10.8 Å². The van der Waals surface area contributed by atoms with Gasteiger partial charge < -0.3 is 4.74 Å². The van der Waals surface area contributed by atoms with E-state index in [-0.39, 0.29) is 103 Å². The van der Waals surface area contributed by atoms with E-state index < -0.39 is 21.7 Å². The summed E-state index contributed by atoms with van der Waals surface area (Å²) in [5.41, 5.74) is -0.949. The lowest BCUT2D eigenvalue weighted by molar-refractivity contribution is -0.224. The Kier molecular flexibility index (Phi) is 11.9. The van der Waals surface area contributed by atoms with Gasteiger partial charge in [-0.2, -0.15) is 10.5 Å². The molecule has 0 spiro atoms. The molecule has 0 bridgehead atoms. The van der Waals surface area contributed by atoms with Crippen LogP contribution < -0.4 is 0 Å². The van der Waals surface area contributed by atoms with Crippen LogP contribution in [0.15, 0.2) is 47.6 Å². The molecule has 0 aromatic heterocycles. The van der Waals surface area contributed by atoms with E-state index in [1.54, 1.807) is 0 Å². The molecule has 7 fully saturated rings. The van der Waals surface area contributed by atoms with Crippen molar-refractivity contribution in [2.75, 3.05) is 0 Å². The van der Waals surface area contributed by atoms with Gasteiger partial charge in [-0.3, -0.25) is 19.2 Å². The third-order valence-corrected chi connectivity index (χ3v) is 25.5. The van der Waals surface area contributed by atoms with Crippen LogP contribution in [0.1, 0.15) is 199 Å². The van der Waals surface area contributed by atoms with Crippen LogP contribution in [-0.2, 0) is 23.9 Å². The van der Waals surface area contributed by atoms with Crippen molar-refractivity contribution in [1.29, 1.82) is 10.5 Å². The summed E-state index contributed by atoms with van der Waals surface area (Å²) >= 11 is 0. The highest BCUT2D eigenvalue weighted by molar-refractivity contribution is 6.04.